The molecule has 1 aliphatic rings. The third-order valence-corrected chi connectivity index (χ3v) is 2.15. The van der Waals surface area contributed by atoms with E-state index in [0.29, 0.717) is 24.0 Å². The summed E-state index contributed by atoms with van der Waals surface area (Å²) in [6, 6.07) is 0. The lowest BCUT2D eigenvalue weighted by Gasteiger charge is -2.20. The summed E-state index contributed by atoms with van der Waals surface area (Å²) in [5.41, 5.74) is 0.826. The molecule has 0 atom stereocenters. The van der Waals surface area contributed by atoms with E-state index in [1.165, 1.54) is 12.2 Å². The molecule has 4 nitrogen and oxygen atoms in total. The van der Waals surface area contributed by atoms with Crippen molar-refractivity contribution < 1.29 is 19.1 Å². The van der Waals surface area contributed by atoms with Gasteiger partial charge >= 0.3 is 11.9 Å². The summed E-state index contributed by atoms with van der Waals surface area (Å²) >= 11 is 0. The van der Waals surface area contributed by atoms with Crippen molar-refractivity contribution in [3.63, 3.8) is 0 Å². The predicted octanol–water partition coefficient (Wildman–Crippen LogP) is 1.54. The summed E-state index contributed by atoms with van der Waals surface area (Å²) in [6.07, 6.45) is 4.09. The van der Waals surface area contributed by atoms with Gasteiger partial charge in [-0.25, -0.2) is 9.59 Å². The van der Waals surface area contributed by atoms with Crippen molar-refractivity contribution in [3.8, 4) is 0 Å². The molecule has 0 saturated carbocycles. The number of hydrogen-bond acceptors (Lipinski definition) is 4. The van der Waals surface area contributed by atoms with Crippen LogP contribution in [0.3, 0.4) is 0 Å². The van der Waals surface area contributed by atoms with Gasteiger partial charge in [-0.15, -0.1) is 0 Å². The zero-order chi connectivity index (χ0) is 12.0. The highest BCUT2D eigenvalue weighted by Crippen LogP contribution is 2.29. The van der Waals surface area contributed by atoms with Gasteiger partial charge < -0.3 is 9.47 Å². The van der Waals surface area contributed by atoms with Crippen LogP contribution in [-0.4, -0.2) is 25.2 Å². The Balaban J connectivity index is 2.58. The zero-order valence-corrected chi connectivity index (χ0v) is 9.03. The van der Waals surface area contributed by atoms with Gasteiger partial charge in [0.1, 0.15) is 13.2 Å². The van der Waals surface area contributed by atoms with E-state index >= 15 is 0 Å². The molecule has 16 heavy (non-hydrogen) atoms. The second kappa shape index (κ2) is 5.90. The highest BCUT2D eigenvalue weighted by atomic mass is 16.5. The second-order valence-electron chi connectivity index (χ2n) is 3.23. The summed E-state index contributed by atoms with van der Waals surface area (Å²) in [5.74, 6) is -0.923. The quantitative estimate of drug-likeness (QED) is 0.505. The van der Waals surface area contributed by atoms with Gasteiger partial charge in [-0.05, 0) is 12.8 Å². The first-order valence-corrected chi connectivity index (χ1v) is 4.98. The minimum absolute atomic E-state index is 0.150. The Morgan fingerprint density at radius 2 is 1.38 bits per heavy atom. The SMILES string of the molecule is C=CCOC(=O)C1=C(C(=O)OCC=C)CC1. The largest absolute Gasteiger partial charge is 0.458 e. The third kappa shape index (κ3) is 2.82. The van der Waals surface area contributed by atoms with Crippen molar-refractivity contribution in [3.05, 3.63) is 36.5 Å². The van der Waals surface area contributed by atoms with Crippen LogP contribution in [0.2, 0.25) is 0 Å². The molecule has 0 heterocycles. The fourth-order valence-electron chi connectivity index (χ4n) is 1.27. The van der Waals surface area contributed by atoms with Crippen molar-refractivity contribution in [2.45, 2.75) is 12.8 Å². The standard InChI is InChI=1S/C12H14O4/c1-3-7-15-11(13)9-5-6-10(9)12(14)16-8-4-2/h3-4H,1-2,5-8H2. The second-order valence-corrected chi connectivity index (χ2v) is 3.23. The lowest BCUT2D eigenvalue weighted by molar-refractivity contribution is -0.142. The summed E-state index contributed by atoms with van der Waals surface area (Å²) in [7, 11) is 0. The first-order chi connectivity index (χ1) is 7.70. The van der Waals surface area contributed by atoms with Crippen LogP contribution in [0.1, 0.15) is 12.8 Å². The third-order valence-electron chi connectivity index (χ3n) is 2.15. The van der Waals surface area contributed by atoms with Crippen LogP contribution in [0.5, 0.6) is 0 Å². The first kappa shape index (κ1) is 12.2. The molecule has 0 aromatic heterocycles. The number of esters is 2. The Labute approximate surface area is 94.2 Å². The van der Waals surface area contributed by atoms with E-state index in [-0.39, 0.29) is 13.2 Å². The fourth-order valence-corrected chi connectivity index (χ4v) is 1.27. The normalized spacial score (nSPS) is 13.8. The van der Waals surface area contributed by atoms with E-state index < -0.39 is 11.9 Å². The van der Waals surface area contributed by atoms with E-state index in [9.17, 15) is 9.59 Å². The van der Waals surface area contributed by atoms with Crippen molar-refractivity contribution in [1.29, 1.82) is 0 Å². The minimum atomic E-state index is -0.461. The highest BCUT2D eigenvalue weighted by Gasteiger charge is 2.30. The fraction of sp³-hybridized carbons (Fsp3) is 0.333. The smallest absolute Gasteiger partial charge is 0.334 e. The van der Waals surface area contributed by atoms with Gasteiger partial charge in [0.05, 0.1) is 0 Å². The molecule has 0 radical (unpaired) electrons. The topological polar surface area (TPSA) is 52.6 Å². The van der Waals surface area contributed by atoms with Crippen LogP contribution in [0.25, 0.3) is 0 Å². The van der Waals surface area contributed by atoms with Crippen LogP contribution >= 0.6 is 0 Å². The Kier molecular flexibility index (Phi) is 4.51. The molecule has 0 aromatic rings. The summed E-state index contributed by atoms with van der Waals surface area (Å²) in [5, 5.41) is 0. The molecule has 0 unspecified atom stereocenters. The number of rotatable bonds is 6. The van der Waals surface area contributed by atoms with E-state index in [4.69, 9.17) is 9.47 Å². The zero-order valence-electron chi connectivity index (χ0n) is 9.03. The molecule has 1 aliphatic carbocycles. The molecule has 0 aliphatic heterocycles. The molecule has 4 heteroatoms. The van der Waals surface area contributed by atoms with Crippen LogP contribution in [0, 0.1) is 0 Å². The average Bonchev–Trinajstić information content (AvgIpc) is 2.21. The maximum absolute atomic E-state index is 11.4. The summed E-state index contributed by atoms with van der Waals surface area (Å²) < 4.78 is 9.67. The molecule has 0 amide bonds. The number of carbonyl (C=O) groups is 2. The maximum Gasteiger partial charge on any atom is 0.334 e. The number of hydrogen-bond donors (Lipinski definition) is 0. The molecule has 0 saturated heterocycles. The Morgan fingerprint density at radius 1 is 1.00 bits per heavy atom. The molecule has 0 aromatic carbocycles. The van der Waals surface area contributed by atoms with E-state index in [1.807, 2.05) is 0 Å². The predicted molar refractivity (Wildman–Crippen MR) is 58.6 cm³/mol. The maximum atomic E-state index is 11.4. The Hall–Kier alpha value is -1.84. The highest BCUT2D eigenvalue weighted by molar-refractivity contribution is 6.03. The first-order valence-electron chi connectivity index (χ1n) is 4.98. The lowest BCUT2D eigenvalue weighted by Crippen LogP contribution is -2.23. The van der Waals surface area contributed by atoms with Crippen LogP contribution < -0.4 is 0 Å². The van der Waals surface area contributed by atoms with Crippen LogP contribution in [0.15, 0.2) is 36.5 Å². The Bertz CT molecular complexity index is 318. The van der Waals surface area contributed by atoms with Gasteiger partial charge in [0, 0.05) is 11.1 Å². The van der Waals surface area contributed by atoms with Crippen molar-refractivity contribution in [2.75, 3.05) is 13.2 Å². The van der Waals surface area contributed by atoms with Gasteiger partial charge in [-0.2, -0.15) is 0 Å². The molecule has 0 spiro atoms. The van der Waals surface area contributed by atoms with Crippen LogP contribution in [0.4, 0.5) is 0 Å². The van der Waals surface area contributed by atoms with Gasteiger partial charge in [0.15, 0.2) is 0 Å². The molecular formula is C12H14O4. The molecule has 0 fully saturated rings. The van der Waals surface area contributed by atoms with E-state index in [0.717, 1.165) is 0 Å². The lowest BCUT2D eigenvalue weighted by atomic mass is 9.88. The minimum Gasteiger partial charge on any atom is -0.458 e. The molecule has 1 rings (SSSR count). The van der Waals surface area contributed by atoms with Crippen LogP contribution in [-0.2, 0) is 19.1 Å². The molecule has 0 bridgehead atoms. The van der Waals surface area contributed by atoms with Gasteiger partial charge in [0.25, 0.3) is 0 Å². The van der Waals surface area contributed by atoms with Crippen molar-refractivity contribution >= 4 is 11.9 Å². The number of ether oxygens (including phenoxy) is 2. The average molecular weight is 222 g/mol. The van der Waals surface area contributed by atoms with E-state index in [2.05, 4.69) is 13.2 Å². The molecule has 0 N–H and O–H groups in total. The molecule has 86 valence electrons. The summed E-state index contributed by atoms with van der Waals surface area (Å²) in [6.45, 7) is 7.17. The Morgan fingerprint density at radius 3 is 1.62 bits per heavy atom. The van der Waals surface area contributed by atoms with E-state index in [1.54, 1.807) is 0 Å². The number of carbonyl (C=O) groups excluding carboxylic acids is 2. The van der Waals surface area contributed by atoms with Crippen molar-refractivity contribution in [1.82, 2.24) is 0 Å². The van der Waals surface area contributed by atoms with Gasteiger partial charge in [-0.1, -0.05) is 25.3 Å². The van der Waals surface area contributed by atoms with Crippen molar-refractivity contribution in [2.24, 2.45) is 0 Å². The monoisotopic (exact) mass is 222 g/mol. The van der Waals surface area contributed by atoms with Gasteiger partial charge in [-0.3, -0.25) is 0 Å². The van der Waals surface area contributed by atoms with Gasteiger partial charge in [0.2, 0.25) is 0 Å². The molecular weight excluding hydrogens is 208 g/mol. The summed E-state index contributed by atoms with van der Waals surface area (Å²) in [4.78, 5) is 22.8.